The van der Waals surface area contributed by atoms with Gasteiger partial charge < -0.3 is 18.6 Å². The molecule has 1 fully saturated rings. The van der Waals surface area contributed by atoms with Crippen LogP contribution < -0.4 is 10.4 Å². The first kappa shape index (κ1) is 42.2. The SMILES string of the molecule is CCCCCCCCN(CCCCCCCC)S[C@H]1O[C@H](CO[Si](c2ccccc2)(c2ccccc2)C(C)(C)C)[C@@H](OC(C)=O)[C@@H]1OC(C)=O. The highest BCUT2D eigenvalue weighted by Gasteiger charge is 2.54. The molecule has 1 heterocycles. The van der Waals surface area contributed by atoms with Crippen LogP contribution in [-0.2, 0) is 28.2 Å². The van der Waals surface area contributed by atoms with Gasteiger partial charge >= 0.3 is 11.9 Å². The van der Waals surface area contributed by atoms with Crippen LogP contribution in [0.5, 0.6) is 0 Å². The van der Waals surface area contributed by atoms with E-state index in [0.717, 1.165) is 36.3 Å². The van der Waals surface area contributed by atoms with E-state index in [1.165, 1.54) is 78.1 Å². The fourth-order valence-corrected chi connectivity index (χ4v) is 12.9. The predicted octanol–water partition coefficient (Wildman–Crippen LogP) is 8.82. The van der Waals surface area contributed by atoms with Crippen LogP contribution in [0.3, 0.4) is 0 Å². The number of benzene rings is 2. The Morgan fingerprint density at radius 1 is 0.700 bits per heavy atom. The number of esters is 2. The summed E-state index contributed by atoms with van der Waals surface area (Å²) in [4.78, 5) is 25.1. The molecule has 280 valence electrons. The minimum atomic E-state index is -2.90. The molecule has 2 aromatic carbocycles. The van der Waals surface area contributed by atoms with E-state index in [0.29, 0.717) is 0 Å². The maximum absolute atomic E-state index is 12.5. The average molecular weight is 728 g/mol. The van der Waals surface area contributed by atoms with Crippen LogP contribution >= 0.6 is 11.9 Å². The zero-order valence-corrected chi connectivity index (χ0v) is 33.8. The standard InChI is InChI=1S/C41H65NO6SSi/c1-8-10-12-14-16-24-30-42(31-25-17-15-13-11-9-2)49-40-39(47-34(4)44)38(46-33(3)43)37(48-40)32-45-50(41(5,6)7,35-26-20-18-21-27-35)36-28-22-19-23-29-36/h18-23,26-29,37-40H,8-17,24-25,30-32H2,1-7H3/t37-,38-,39+,40-/m1/s1. The third-order valence-electron chi connectivity index (χ3n) is 9.53. The van der Waals surface area contributed by atoms with Crippen molar-refractivity contribution in [1.82, 2.24) is 4.31 Å². The zero-order valence-electron chi connectivity index (χ0n) is 32.0. The molecule has 1 aliphatic rings. The summed E-state index contributed by atoms with van der Waals surface area (Å²) in [7, 11) is -2.90. The van der Waals surface area contributed by atoms with Crippen LogP contribution in [0.15, 0.2) is 60.7 Å². The van der Waals surface area contributed by atoms with E-state index in [2.05, 4.69) is 87.5 Å². The molecule has 3 rings (SSSR count). The van der Waals surface area contributed by atoms with Crippen molar-refractivity contribution in [2.24, 2.45) is 0 Å². The number of unbranched alkanes of at least 4 members (excludes halogenated alkanes) is 10. The van der Waals surface area contributed by atoms with Gasteiger partial charge in [0.1, 0.15) is 6.10 Å². The minimum Gasteiger partial charge on any atom is -0.456 e. The van der Waals surface area contributed by atoms with Crippen LogP contribution in [0.25, 0.3) is 0 Å². The Balaban J connectivity index is 1.89. The van der Waals surface area contributed by atoms with E-state index < -0.39 is 44.0 Å². The monoisotopic (exact) mass is 727 g/mol. The van der Waals surface area contributed by atoms with E-state index in [4.69, 9.17) is 18.6 Å². The van der Waals surface area contributed by atoms with Gasteiger partial charge in [-0.3, -0.25) is 9.59 Å². The lowest BCUT2D eigenvalue weighted by Crippen LogP contribution is -2.67. The molecule has 0 saturated carbocycles. The number of ether oxygens (including phenoxy) is 3. The average Bonchev–Trinajstić information content (AvgIpc) is 3.38. The summed E-state index contributed by atoms with van der Waals surface area (Å²) >= 11 is 1.60. The molecule has 0 N–H and O–H groups in total. The number of carbonyl (C=O) groups excluding carboxylic acids is 2. The first-order chi connectivity index (χ1) is 24.0. The van der Waals surface area contributed by atoms with Gasteiger partial charge in [-0.2, -0.15) is 0 Å². The highest BCUT2D eigenvalue weighted by molar-refractivity contribution is 7.97. The Morgan fingerprint density at radius 3 is 1.58 bits per heavy atom. The first-order valence-electron chi connectivity index (χ1n) is 19.2. The molecule has 7 nitrogen and oxygen atoms in total. The Labute approximate surface area is 308 Å². The Kier molecular flexibility index (Phi) is 18.6. The van der Waals surface area contributed by atoms with Crippen LogP contribution in [0.1, 0.15) is 126 Å². The summed E-state index contributed by atoms with van der Waals surface area (Å²) in [6.07, 6.45) is 12.5. The maximum Gasteiger partial charge on any atom is 0.303 e. The van der Waals surface area contributed by atoms with Crippen molar-refractivity contribution in [2.45, 2.75) is 154 Å². The van der Waals surface area contributed by atoms with Crippen LogP contribution in [0, 0.1) is 0 Å². The summed E-state index contributed by atoms with van der Waals surface area (Å²) in [6.45, 7) is 16.1. The molecule has 0 radical (unpaired) electrons. The predicted molar refractivity (Wildman–Crippen MR) is 209 cm³/mol. The molecule has 0 aromatic heterocycles. The lowest BCUT2D eigenvalue weighted by atomic mass is 10.1. The van der Waals surface area contributed by atoms with Crippen molar-refractivity contribution in [2.75, 3.05) is 19.7 Å². The summed E-state index contributed by atoms with van der Waals surface area (Å²) in [6, 6.07) is 20.9. The zero-order chi connectivity index (χ0) is 36.4. The molecule has 4 atom stereocenters. The van der Waals surface area contributed by atoms with Gasteiger partial charge in [0, 0.05) is 26.9 Å². The molecule has 1 aliphatic heterocycles. The normalized spacial score (nSPS) is 19.5. The minimum absolute atomic E-state index is 0.189. The third-order valence-corrected chi connectivity index (χ3v) is 15.8. The van der Waals surface area contributed by atoms with Crippen LogP contribution in [0.4, 0.5) is 0 Å². The number of carbonyl (C=O) groups is 2. The Hall–Kier alpha value is -2.17. The molecule has 0 unspecified atom stereocenters. The molecular weight excluding hydrogens is 663 g/mol. The highest BCUT2D eigenvalue weighted by atomic mass is 32.2. The summed E-state index contributed by atoms with van der Waals surface area (Å²) in [5, 5.41) is 2.08. The van der Waals surface area contributed by atoms with Crippen LogP contribution in [0.2, 0.25) is 5.04 Å². The van der Waals surface area contributed by atoms with E-state index in [1.54, 1.807) is 11.9 Å². The molecule has 1 saturated heterocycles. The number of nitrogens with zero attached hydrogens (tertiary/aromatic N) is 1. The largest absolute Gasteiger partial charge is 0.456 e. The summed E-state index contributed by atoms with van der Waals surface area (Å²) in [5.41, 5.74) is -0.531. The van der Waals surface area contributed by atoms with Gasteiger partial charge in [-0.05, 0) is 40.2 Å². The second kappa shape index (κ2) is 22.0. The topological polar surface area (TPSA) is 74.3 Å². The van der Waals surface area contributed by atoms with Crippen molar-refractivity contribution >= 4 is 42.6 Å². The van der Waals surface area contributed by atoms with Gasteiger partial charge in [-0.25, -0.2) is 4.31 Å². The van der Waals surface area contributed by atoms with Crippen LogP contribution in [-0.4, -0.2) is 68.0 Å². The number of rotatable bonds is 23. The van der Waals surface area contributed by atoms with Crippen molar-refractivity contribution < 1.29 is 28.2 Å². The van der Waals surface area contributed by atoms with E-state index >= 15 is 0 Å². The molecular formula is C41H65NO6SSi. The highest BCUT2D eigenvalue weighted by Crippen LogP contribution is 2.40. The molecule has 2 aromatic rings. The summed E-state index contributed by atoms with van der Waals surface area (Å²) in [5.74, 6) is -0.860. The Bertz CT molecular complexity index is 1190. The smallest absolute Gasteiger partial charge is 0.303 e. The molecule has 0 bridgehead atoms. The number of hydrogen-bond donors (Lipinski definition) is 0. The van der Waals surface area contributed by atoms with Crippen molar-refractivity contribution in [3.63, 3.8) is 0 Å². The Morgan fingerprint density at radius 2 is 1.14 bits per heavy atom. The quantitative estimate of drug-likeness (QED) is 0.0487. The number of hydrogen-bond acceptors (Lipinski definition) is 8. The lowest BCUT2D eigenvalue weighted by molar-refractivity contribution is -0.163. The van der Waals surface area contributed by atoms with E-state index in [1.807, 2.05) is 12.1 Å². The first-order valence-corrected chi connectivity index (χ1v) is 21.9. The fourth-order valence-electron chi connectivity index (χ4n) is 7.03. The van der Waals surface area contributed by atoms with Gasteiger partial charge in [-0.1, -0.05) is 159 Å². The third kappa shape index (κ3) is 12.8. The van der Waals surface area contributed by atoms with Gasteiger partial charge in [0.05, 0.1) is 6.61 Å². The maximum atomic E-state index is 12.5. The molecule has 50 heavy (non-hydrogen) atoms. The van der Waals surface area contributed by atoms with Crippen molar-refractivity contribution in [1.29, 1.82) is 0 Å². The lowest BCUT2D eigenvalue weighted by Gasteiger charge is -2.43. The van der Waals surface area contributed by atoms with Crippen molar-refractivity contribution in [3.8, 4) is 0 Å². The van der Waals surface area contributed by atoms with Gasteiger partial charge in [0.15, 0.2) is 17.6 Å². The van der Waals surface area contributed by atoms with Gasteiger partial charge in [0.2, 0.25) is 0 Å². The molecule has 0 aliphatic carbocycles. The second-order valence-electron chi connectivity index (χ2n) is 14.7. The summed E-state index contributed by atoms with van der Waals surface area (Å²) < 4.78 is 28.3. The second-order valence-corrected chi connectivity index (χ2v) is 20.2. The molecule has 9 heteroatoms. The van der Waals surface area contributed by atoms with Gasteiger partial charge in [0.25, 0.3) is 8.32 Å². The van der Waals surface area contributed by atoms with E-state index in [9.17, 15) is 9.59 Å². The van der Waals surface area contributed by atoms with E-state index in [-0.39, 0.29) is 11.6 Å². The van der Waals surface area contributed by atoms with Crippen molar-refractivity contribution in [3.05, 3.63) is 60.7 Å². The molecule has 0 amide bonds. The van der Waals surface area contributed by atoms with Gasteiger partial charge in [-0.15, -0.1) is 0 Å². The molecule has 0 spiro atoms. The fraction of sp³-hybridized carbons (Fsp3) is 0.659.